The van der Waals surface area contributed by atoms with Gasteiger partial charge in [0.15, 0.2) is 0 Å². The number of aryl methyl sites for hydroxylation is 2. The summed E-state index contributed by atoms with van der Waals surface area (Å²) in [4.78, 5) is 27.6. The molecule has 6 aromatic carbocycles. The maximum absolute atomic E-state index is 12.9. The van der Waals surface area contributed by atoms with Gasteiger partial charge in [-0.25, -0.2) is 9.59 Å². The first-order chi connectivity index (χ1) is 24.6. The number of amides is 2. The van der Waals surface area contributed by atoms with E-state index in [0.717, 1.165) is 43.2 Å². The van der Waals surface area contributed by atoms with Crippen LogP contribution in [-0.4, -0.2) is 22.4 Å². The lowest BCUT2D eigenvalue weighted by molar-refractivity contribution is 0.214. The fourth-order valence-electron chi connectivity index (χ4n) is 5.71. The highest BCUT2D eigenvalue weighted by Gasteiger charge is 2.21. The standard InChI is InChI=1S/C42H36N2O6S/c1-25-23-29(15-17-33(25)45)39-27(3)35(49-41(47)43-31-11-7-5-8-12-31)19-21-37(39)51-38-22-20-36(50-42(48)44-32-13-9-6-10-14-32)28(4)40(38)30-16-18-34(46)26(2)24-30/h5-24,45-46H,1-4H3,(H,43,47)(H,44,48). The van der Waals surface area contributed by atoms with E-state index in [9.17, 15) is 19.8 Å². The lowest BCUT2D eigenvalue weighted by Gasteiger charge is -2.20. The molecule has 0 saturated carbocycles. The van der Waals surface area contributed by atoms with Crippen LogP contribution in [0.5, 0.6) is 23.0 Å². The third kappa shape index (κ3) is 8.01. The molecule has 8 nitrogen and oxygen atoms in total. The third-order valence-corrected chi connectivity index (χ3v) is 9.51. The summed E-state index contributed by atoms with van der Waals surface area (Å²) in [5, 5.41) is 26.2. The fraction of sp³-hybridized carbons (Fsp3) is 0.0952. The fourth-order valence-corrected chi connectivity index (χ4v) is 6.97. The average Bonchev–Trinajstić information content (AvgIpc) is 3.11. The highest BCUT2D eigenvalue weighted by molar-refractivity contribution is 7.99. The number of nitrogens with one attached hydrogen (secondary N) is 2. The largest absolute Gasteiger partial charge is 0.508 e. The first-order valence-electron chi connectivity index (χ1n) is 16.2. The summed E-state index contributed by atoms with van der Waals surface area (Å²) in [7, 11) is 0. The summed E-state index contributed by atoms with van der Waals surface area (Å²) in [6.45, 7) is 7.45. The Kier molecular flexibility index (Phi) is 10.3. The van der Waals surface area contributed by atoms with Crippen molar-refractivity contribution in [2.75, 3.05) is 10.6 Å². The molecule has 0 radical (unpaired) electrons. The molecule has 0 bridgehead atoms. The van der Waals surface area contributed by atoms with E-state index in [0.29, 0.717) is 34.0 Å². The van der Waals surface area contributed by atoms with Crippen LogP contribution in [0.3, 0.4) is 0 Å². The van der Waals surface area contributed by atoms with Gasteiger partial charge >= 0.3 is 12.2 Å². The van der Waals surface area contributed by atoms with Crippen LogP contribution in [0.2, 0.25) is 0 Å². The smallest absolute Gasteiger partial charge is 0.417 e. The maximum Gasteiger partial charge on any atom is 0.417 e. The van der Waals surface area contributed by atoms with Crippen molar-refractivity contribution in [1.29, 1.82) is 0 Å². The molecule has 0 spiro atoms. The third-order valence-electron chi connectivity index (χ3n) is 8.39. The van der Waals surface area contributed by atoms with Gasteiger partial charge in [-0.3, -0.25) is 10.6 Å². The van der Waals surface area contributed by atoms with E-state index in [1.165, 1.54) is 11.8 Å². The zero-order valence-electron chi connectivity index (χ0n) is 28.5. The summed E-state index contributed by atoms with van der Waals surface area (Å²) >= 11 is 1.50. The number of phenols is 2. The predicted molar refractivity (Wildman–Crippen MR) is 202 cm³/mol. The molecule has 0 fully saturated rings. The van der Waals surface area contributed by atoms with Crippen LogP contribution in [-0.2, 0) is 0 Å². The Hall–Kier alpha value is -6.19. The second-order valence-corrected chi connectivity index (χ2v) is 13.1. The molecule has 0 saturated heterocycles. The van der Waals surface area contributed by atoms with Crippen LogP contribution in [0.4, 0.5) is 21.0 Å². The number of aromatic hydroxyl groups is 2. The number of para-hydroxylation sites is 2. The number of anilines is 2. The summed E-state index contributed by atoms with van der Waals surface area (Å²) in [5.41, 5.74) is 7.37. The number of rotatable bonds is 8. The molecule has 0 heterocycles. The molecular formula is C42H36N2O6S. The van der Waals surface area contributed by atoms with E-state index in [-0.39, 0.29) is 11.5 Å². The average molecular weight is 697 g/mol. The summed E-state index contributed by atoms with van der Waals surface area (Å²) in [5.74, 6) is 1.11. The van der Waals surface area contributed by atoms with E-state index >= 15 is 0 Å². The summed E-state index contributed by atoms with van der Waals surface area (Å²) in [6.07, 6.45) is -1.24. The Bertz CT molecular complexity index is 2080. The number of hydrogen-bond donors (Lipinski definition) is 4. The van der Waals surface area contributed by atoms with E-state index in [1.54, 1.807) is 48.5 Å². The van der Waals surface area contributed by atoms with Gasteiger partial charge in [-0.15, -0.1) is 0 Å². The normalized spacial score (nSPS) is 10.7. The number of benzene rings is 6. The molecule has 51 heavy (non-hydrogen) atoms. The van der Waals surface area contributed by atoms with Crippen molar-refractivity contribution < 1.29 is 29.3 Å². The minimum Gasteiger partial charge on any atom is -0.508 e. The predicted octanol–water partition coefficient (Wildman–Crippen LogP) is 11.0. The first-order valence-corrected chi connectivity index (χ1v) is 17.0. The van der Waals surface area contributed by atoms with Gasteiger partial charge in [0.25, 0.3) is 0 Å². The van der Waals surface area contributed by atoms with Gasteiger partial charge in [-0.2, -0.15) is 0 Å². The molecule has 4 N–H and O–H groups in total. The first kappa shape index (κ1) is 34.7. The number of phenolic OH excluding ortho intramolecular Hbond substituents is 2. The topological polar surface area (TPSA) is 117 Å². The van der Waals surface area contributed by atoms with E-state index in [4.69, 9.17) is 9.47 Å². The van der Waals surface area contributed by atoms with E-state index < -0.39 is 12.2 Å². The molecular weight excluding hydrogens is 661 g/mol. The van der Waals surface area contributed by atoms with E-state index in [2.05, 4.69) is 10.6 Å². The van der Waals surface area contributed by atoms with Crippen molar-refractivity contribution in [2.24, 2.45) is 0 Å². The Morgan fingerprint density at radius 1 is 0.529 bits per heavy atom. The number of hydrogen-bond acceptors (Lipinski definition) is 7. The van der Waals surface area contributed by atoms with Crippen LogP contribution in [0.15, 0.2) is 131 Å². The lowest BCUT2D eigenvalue weighted by Crippen LogP contribution is -2.17. The van der Waals surface area contributed by atoms with Crippen molar-refractivity contribution in [1.82, 2.24) is 0 Å². The van der Waals surface area contributed by atoms with Gasteiger partial charge in [-0.1, -0.05) is 60.3 Å². The van der Waals surface area contributed by atoms with Crippen LogP contribution >= 0.6 is 11.8 Å². The molecule has 2 amide bonds. The molecule has 0 aliphatic carbocycles. The Morgan fingerprint density at radius 3 is 1.29 bits per heavy atom. The molecule has 6 rings (SSSR count). The Balaban J connectivity index is 1.41. The molecule has 0 aromatic heterocycles. The van der Waals surface area contributed by atoms with E-state index in [1.807, 2.05) is 100 Å². The lowest BCUT2D eigenvalue weighted by atomic mass is 9.97. The van der Waals surface area contributed by atoms with Crippen molar-refractivity contribution in [3.63, 3.8) is 0 Å². The molecule has 0 unspecified atom stereocenters. The van der Waals surface area contributed by atoms with Gasteiger partial charge in [0.1, 0.15) is 23.0 Å². The van der Waals surface area contributed by atoms with Crippen molar-refractivity contribution >= 4 is 35.3 Å². The second kappa shape index (κ2) is 15.1. The maximum atomic E-state index is 12.9. The Morgan fingerprint density at radius 2 is 0.922 bits per heavy atom. The van der Waals surface area contributed by atoms with Gasteiger partial charge in [0.05, 0.1) is 0 Å². The SMILES string of the molecule is Cc1cc(-c2c(Sc3ccc(OC(=O)Nc4ccccc4)c(C)c3-c3ccc(O)c(C)c3)ccc(OC(=O)Nc3ccccc3)c2C)ccc1O. The summed E-state index contributed by atoms with van der Waals surface area (Å²) in [6, 6.07) is 36.2. The van der Waals surface area contributed by atoms with Crippen LogP contribution in [0.25, 0.3) is 22.3 Å². The molecule has 9 heteroatoms. The number of carbonyl (C=O) groups excluding carboxylic acids is 2. The molecule has 0 aliphatic heterocycles. The highest BCUT2D eigenvalue weighted by atomic mass is 32.2. The Labute approximate surface area is 300 Å². The van der Waals surface area contributed by atoms with Gasteiger partial charge in [0.2, 0.25) is 0 Å². The molecule has 0 atom stereocenters. The van der Waals surface area contributed by atoms with Gasteiger partial charge in [-0.05, 0) is 123 Å². The van der Waals surface area contributed by atoms with Crippen LogP contribution in [0, 0.1) is 27.7 Å². The molecule has 0 aliphatic rings. The van der Waals surface area contributed by atoms with Crippen LogP contribution in [0.1, 0.15) is 22.3 Å². The summed E-state index contributed by atoms with van der Waals surface area (Å²) < 4.78 is 11.6. The van der Waals surface area contributed by atoms with Gasteiger partial charge in [0, 0.05) is 43.4 Å². The quantitative estimate of drug-likeness (QED) is 0.125. The minimum atomic E-state index is -0.620. The van der Waals surface area contributed by atoms with Crippen molar-refractivity contribution in [3.8, 4) is 45.3 Å². The van der Waals surface area contributed by atoms with Crippen molar-refractivity contribution in [2.45, 2.75) is 37.5 Å². The molecule has 6 aromatic rings. The second-order valence-electron chi connectivity index (χ2n) is 12.0. The number of ether oxygens (including phenoxy) is 2. The minimum absolute atomic E-state index is 0.174. The monoisotopic (exact) mass is 696 g/mol. The van der Waals surface area contributed by atoms with Gasteiger partial charge < -0.3 is 19.7 Å². The zero-order valence-corrected chi connectivity index (χ0v) is 29.3. The number of carbonyl (C=O) groups is 2. The van der Waals surface area contributed by atoms with Crippen molar-refractivity contribution in [3.05, 3.63) is 144 Å². The van der Waals surface area contributed by atoms with Crippen LogP contribution < -0.4 is 20.1 Å². The molecule has 256 valence electrons. The zero-order chi connectivity index (χ0) is 36.1. The highest BCUT2D eigenvalue weighted by Crippen LogP contribution is 2.47.